The van der Waals surface area contributed by atoms with E-state index in [1.54, 1.807) is 0 Å². The van der Waals surface area contributed by atoms with Gasteiger partial charge in [0.1, 0.15) is 66.1 Å². The van der Waals surface area contributed by atoms with Gasteiger partial charge in [0, 0.05) is 27.5 Å². The Labute approximate surface area is 299 Å². The number of furan rings is 1. The van der Waals surface area contributed by atoms with E-state index in [1.807, 2.05) is 84.9 Å². The first-order valence-corrected chi connectivity index (χ1v) is 15.7. The lowest BCUT2D eigenvalue weighted by atomic mass is 9.64. The Morgan fingerprint density at radius 1 is 0.320 bits per heavy atom. The van der Waals surface area contributed by atoms with Crippen LogP contribution in [0.5, 0.6) is 0 Å². The van der Waals surface area contributed by atoms with E-state index in [0.29, 0.717) is 22.4 Å². The zero-order chi connectivity index (χ0) is 34.7. The van der Waals surface area contributed by atoms with Gasteiger partial charge in [0.05, 0.1) is 0 Å². The maximum Gasteiger partial charge on any atom is 0.164 e. The normalized spacial score (nSPS) is 11.4. The molecule has 0 N–H and O–H groups in total. The SMILES string of the molecule is [B]c1c([B])c([B])c2c(oc3c([B])c(-c4nc(-c5ccc(-c6ccccc6)cc5)nc(-c5ccc(-c6ccccc6)cc5)n4)c([B])c([B])c32)c1[B]. The molecule has 216 valence electrons. The maximum absolute atomic E-state index is 6.83. The minimum Gasteiger partial charge on any atom is -0.457 e. The molecule has 0 saturated carbocycles. The monoisotopic (exact) mass is 621 g/mol. The molecule has 14 radical (unpaired) electrons. The number of benzene rings is 6. The van der Waals surface area contributed by atoms with Crippen molar-refractivity contribution in [2.24, 2.45) is 0 Å². The maximum atomic E-state index is 6.83. The van der Waals surface area contributed by atoms with E-state index in [1.165, 1.54) is 0 Å². The summed E-state index contributed by atoms with van der Waals surface area (Å²) in [6.45, 7) is 0. The van der Waals surface area contributed by atoms with Crippen LogP contribution in [0.3, 0.4) is 0 Å². The fourth-order valence-corrected chi connectivity index (χ4v) is 6.27. The molecular formula is C39H18B7N3O. The van der Waals surface area contributed by atoms with Gasteiger partial charge in [0.25, 0.3) is 0 Å². The topological polar surface area (TPSA) is 51.8 Å². The van der Waals surface area contributed by atoms with Crippen molar-refractivity contribution in [2.45, 2.75) is 0 Å². The highest BCUT2D eigenvalue weighted by molar-refractivity contribution is 6.69. The van der Waals surface area contributed by atoms with Crippen molar-refractivity contribution in [3.8, 4) is 56.4 Å². The van der Waals surface area contributed by atoms with Gasteiger partial charge in [-0.1, -0.05) is 131 Å². The summed E-state index contributed by atoms with van der Waals surface area (Å²) in [5, 5.41) is 0.748. The van der Waals surface area contributed by atoms with Crippen molar-refractivity contribution in [3.05, 3.63) is 109 Å². The molecule has 2 heterocycles. The van der Waals surface area contributed by atoms with Crippen LogP contribution in [0.2, 0.25) is 0 Å². The van der Waals surface area contributed by atoms with Gasteiger partial charge in [-0.3, -0.25) is 0 Å². The Morgan fingerprint density at radius 3 is 1.16 bits per heavy atom. The molecule has 0 amide bonds. The lowest BCUT2D eigenvalue weighted by molar-refractivity contribution is 0.675. The fraction of sp³-hybridized carbons (Fsp3) is 0. The average molecular weight is 620 g/mol. The van der Waals surface area contributed by atoms with E-state index in [4.69, 9.17) is 74.3 Å². The van der Waals surface area contributed by atoms with Crippen molar-refractivity contribution in [1.29, 1.82) is 0 Å². The van der Waals surface area contributed by atoms with Gasteiger partial charge in [0.2, 0.25) is 0 Å². The first-order valence-electron chi connectivity index (χ1n) is 15.7. The molecule has 4 nitrogen and oxygen atoms in total. The number of hydrogen-bond acceptors (Lipinski definition) is 4. The van der Waals surface area contributed by atoms with Crippen molar-refractivity contribution >= 4 is 115 Å². The molecule has 8 rings (SSSR count). The fourth-order valence-electron chi connectivity index (χ4n) is 6.27. The van der Waals surface area contributed by atoms with E-state index in [9.17, 15) is 0 Å². The van der Waals surface area contributed by atoms with Crippen LogP contribution < -0.4 is 38.2 Å². The van der Waals surface area contributed by atoms with Gasteiger partial charge in [-0.05, 0) is 27.7 Å². The van der Waals surface area contributed by atoms with Gasteiger partial charge in [-0.2, -0.15) is 0 Å². The van der Waals surface area contributed by atoms with E-state index < -0.39 is 0 Å². The number of aromatic nitrogens is 3. The third-order valence-corrected chi connectivity index (χ3v) is 8.99. The first-order chi connectivity index (χ1) is 24.2. The summed E-state index contributed by atoms with van der Waals surface area (Å²) in [5.41, 5.74) is 7.40. The quantitative estimate of drug-likeness (QED) is 0.275. The van der Waals surface area contributed by atoms with Crippen LogP contribution in [0.25, 0.3) is 78.4 Å². The summed E-state index contributed by atoms with van der Waals surface area (Å²) in [7, 11) is 45.3. The zero-order valence-corrected chi connectivity index (χ0v) is 26.7. The minimum absolute atomic E-state index is 0.0997. The third kappa shape index (κ3) is 5.24. The molecule has 0 aliphatic rings. The number of fused-ring (bicyclic) bond motifs is 3. The predicted molar refractivity (Wildman–Crippen MR) is 212 cm³/mol. The summed E-state index contributed by atoms with van der Waals surface area (Å²) in [6.07, 6.45) is 0. The minimum atomic E-state index is 0.0997. The van der Waals surface area contributed by atoms with Gasteiger partial charge in [-0.25, -0.2) is 15.0 Å². The average Bonchev–Trinajstić information content (AvgIpc) is 3.58. The van der Waals surface area contributed by atoms with Gasteiger partial charge >= 0.3 is 0 Å². The highest BCUT2D eigenvalue weighted by Gasteiger charge is 2.23. The molecule has 0 aliphatic heterocycles. The molecule has 11 heteroatoms. The van der Waals surface area contributed by atoms with E-state index in [0.717, 1.165) is 33.4 Å². The second kappa shape index (κ2) is 12.5. The van der Waals surface area contributed by atoms with Gasteiger partial charge in [0.15, 0.2) is 17.5 Å². The van der Waals surface area contributed by atoms with Crippen LogP contribution in [-0.4, -0.2) is 69.9 Å². The Balaban J connectivity index is 1.34. The summed E-state index contributed by atoms with van der Waals surface area (Å²) in [4.78, 5) is 14.7. The zero-order valence-electron chi connectivity index (χ0n) is 26.7. The summed E-state index contributed by atoms with van der Waals surface area (Å²) < 4.78 is 6.20. The van der Waals surface area contributed by atoms with E-state index >= 15 is 0 Å². The van der Waals surface area contributed by atoms with Gasteiger partial charge < -0.3 is 4.42 Å². The smallest absolute Gasteiger partial charge is 0.164 e. The van der Waals surface area contributed by atoms with Crippen molar-refractivity contribution < 1.29 is 4.42 Å². The highest BCUT2D eigenvalue weighted by atomic mass is 16.3. The summed E-state index contributed by atoms with van der Waals surface area (Å²) in [5.74, 6) is 1.02. The van der Waals surface area contributed by atoms with E-state index in [2.05, 4.69) is 24.3 Å². The van der Waals surface area contributed by atoms with Crippen LogP contribution >= 0.6 is 0 Å². The highest BCUT2D eigenvalue weighted by Crippen LogP contribution is 2.30. The second-order valence-corrected chi connectivity index (χ2v) is 12.0. The number of rotatable bonds is 5. The Bertz CT molecular complexity index is 2490. The molecule has 0 aliphatic carbocycles. The van der Waals surface area contributed by atoms with Gasteiger partial charge in [-0.15, -0.1) is 10.9 Å². The second-order valence-electron chi connectivity index (χ2n) is 12.0. The third-order valence-electron chi connectivity index (χ3n) is 8.99. The van der Waals surface area contributed by atoms with E-state index in [-0.39, 0.29) is 60.8 Å². The van der Waals surface area contributed by atoms with Crippen molar-refractivity contribution in [1.82, 2.24) is 15.0 Å². The summed E-state index contributed by atoms with van der Waals surface area (Å²) >= 11 is 0. The lowest BCUT2D eigenvalue weighted by Crippen LogP contribution is -2.47. The van der Waals surface area contributed by atoms with Crippen LogP contribution in [0.1, 0.15) is 0 Å². The molecule has 2 aromatic heterocycles. The molecule has 0 bridgehead atoms. The molecule has 0 spiro atoms. The molecule has 8 aromatic rings. The molecular weight excluding hydrogens is 602 g/mol. The van der Waals surface area contributed by atoms with Crippen molar-refractivity contribution in [2.75, 3.05) is 0 Å². The Morgan fingerprint density at radius 2 is 0.680 bits per heavy atom. The molecule has 0 saturated heterocycles. The van der Waals surface area contributed by atoms with Crippen LogP contribution in [0.15, 0.2) is 114 Å². The largest absolute Gasteiger partial charge is 0.457 e. The molecule has 0 atom stereocenters. The molecule has 0 fully saturated rings. The Kier molecular flexibility index (Phi) is 7.94. The lowest BCUT2D eigenvalue weighted by Gasteiger charge is -2.17. The van der Waals surface area contributed by atoms with Crippen LogP contribution in [0, 0.1) is 0 Å². The summed E-state index contributed by atoms with van der Waals surface area (Å²) in [6, 6.07) is 36.2. The molecule has 50 heavy (non-hydrogen) atoms. The molecule has 6 aromatic carbocycles. The van der Waals surface area contributed by atoms with Crippen LogP contribution in [-0.2, 0) is 0 Å². The van der Waals surface area contributed by atoms with Crippen LogP contribution in [0.4, 0.5) is 0 Å². The molecule has 0 unspecified atom stereocenters. The van der Waals surface area contributed by atoms with Crippen molar-refractivity contribution in [3.63, 3.8) is 0 Å². The number of hydrogen-bond donors (Lipinski definition) is 0. The predicted octanol–water partition coefficient (Wildman–Crippen LogP) is 1.66. The first kappa shape index (κ1) is 31.8. The number of nitrogens with zero attached hydrogens (tertiary/aromatic N) is 3. The standard InChI is InChI=1S/C39H18B7N3O/c40-28-25-26-29(41)32(44)33(45)34(46)36(26)50-35(25)31(43)27(30(28)42)39-48-37(23-15-11-21(12-16-23)19-7-3-1-4-8-19)47-38(49-39)24-17-13-22(14-18-24)20-9-5-2-6-10-20/h1-18H. The Hall–Kier alpha value is -5.42.